The van der Waals surface area contributed by atoms with Gasteiger partial charge >= 0.3 is 5.97 Å². The van der Waals surface area contributed by atoms with Crippen LogP contribution in [-0.4, -0.2) is 46.9 Å². The molecule has 0 radical (unpaired) electrons. The molecule has 0 saturated carbocycles. The quantitative estimate of drug-likeness (QED) is 0.826. The van der Waals surface area contributed by atoms with Gasteiger partial charge in [0.15, 0.2) is 0 Å². The summed E-state index contributed by atoms with van der Waals surface area (Å²) in [5.41, 5.74) is 0.657. The largest absolute Gasteiger partial charge is 0.480 e. The van der Waals surface area contributed by atoms with Gasteiger partial charge in [0.25, 0.3) is 5.91 Å². The number of carboxylic acids is 1. The Labute approximate surface area is 127 Å². The minimum atomic E-state index is -1.16. The van der Waals surface area contributed by atoms with Gasteiger partial charge in [0.2, 0.25) is 5.91 Å². The first-order valence-corrected chi connectivity index (χ1v) is 6.78. The molecular weight excluding hydrogens is 291 g/mol. The van der Waals surface area contributed by atoms with E-state index in [4.69, 9.17) is 5.11 Å². The minimum absolute atomic E-state index is 0.0443. The zero-order chi connectivity index (χ0) is 16.9. The van der Waals surface area contributed by atoms with Crippen molar-refractivity contribution in [1.29, 1.82) is 0 Å². The summed E-state index contributed by atoms with van der Waals surface area (Å²) in [7, 11) is 0. The highest BCUT2D eigenvalue weighted by Crippen LogP contribution is 2.14. The van der Waals surface area contributed by atoms with Crippen molar-refractivity contribution >= 4 is 17.8 Å². The highest BCUT2D eigenvalue weighted by Gasteiger charge is 2.27. The van der Waals surface area contributed by atoms with Crippen LogP contribution in [0.5, 0.6) is 0 Å². The van der Waals surface area contributed by atoms with E-state index in [0.29, 0.717) is 5.56 Å². The second kappa shape index (κ2) is 7.53. The summed E-state index contributed by atoms with van der Waals surface area (Å²) in [5, 5.41) is 11.6. The average Bonchev–Trinajstić information content (AvgIpc) is 2.42. The molecule has 0 bridgehead atoms. The molecule has 1 atom stereocenters. The maximum atomic E-state index is 13.1. The van der Waals surface area contributed by atoms with E-state index in [2.05, 4.69) is 5.32 Å². The lowest BCUT2D eigenvalue weighted by atomic mass is 10.1. The Bertz CT molecular complexity index is 589. The van der Waals surface area contributed by atoms with Gasteiger partial charge in [0, 0.05) is 25.6 Å². The zero-order valence-corrected chi connectivity index (χ0v) is 12.7. The molecule has 0 aliphatic rings. The van der Waals surface area contributed by atoms with Crippen LogP contribution in [-0.2, 0) is 9.59 Å². The molecule has 2 amide bonds. The third-order valence-electron chi connectivity index (χ3n) is 3.23. The van der Waals surface area contributed by atoms with Gasteiger partial charge < -0.3 is 15.3 Å². The number of aryl methyl sites for hydroxylation is 1. The highest BCUT2D eigenvalue weighted by atomic mass is 19.1. The fraction of sp³-hybridized carbons (Fsp3) is 0.400. The number of carboxylic acid groups (broad SMARTS) is 1. The van der Waals surface area contributed by atoms with Crippen molar-refractivity contribution in [2.45, 2.75) is 26.8 Å². The monoisotopic (exact) mass is 310 g/mol. The first-order chi connectivity index (χ1) is 10.2. The lowest BCUT2D eigenvalue weighted by molar-refractivity contribution is -0.141. The number of hydrogen-bond donors (Lipinski definition) is 2. The molecule has 1 aromatic rings. The van der Waals surface area contributed by atoms with E-state index in [-0.39, 0.29) is 24.6 Å². The van der Waals surface area contributed by atoms with Gasteiger partial charge in [-0.3, -0.25) is 9.59 Å². The predicted octanol–water partition coefficient (Wildman–Crippen LogP) is 1.19. The Kier molecular flexibility index (Phi) is 6.03. The van der Waals surface area contributed by atoms with Crippen LogP contribution in [0.1, 0.15) is 29.8 Å². The molecule has 0 aliphatic carbocycles. The normalized spacial score (nSPS) is 11.6. The Hall–Kier alpha value is -2.44. The van der Waals surface area contributed by atoms with Crippen molar-refractivity contribution < 1.29 is 23.9 Å². The maximum absolute atomic E-state index is 13.1. The summed E-state index contributed by atoms with van der Waals surface area (Å²) in [5.74, 6) is -2.41. The molecule has 0 fully saturated rings. The summed E-state index contributed by atoms with van der Waals surface area (Å²) >= 11 is 0. The van der Waals surface area contributed by atoms with Gasteiger partial charge in [-0.15, -0.1) is 0 Å². The molecule has 6 nitrogen and oxygen atoms in total. The number of carbonyl (C=O) groups excluding carboxylic acids is 2. The van der Waals surface area contributed by atoms with Gasteiger partial charge in [0.05, 0.1) is 0 Å². The molecule has 22 heavy (non-hydrogen) atoms. The van der Waals surface area contributed by atoms with Crippen LogP contribution < -0.4 is 5.32 Å². The molecular formula is C15H19FN2O4. The molecule has 0 heterocycles. The van der Waals surface area contributed by atoms with Crippen molar-refractivity contribution in [1.82, 2.24) is 10.2 Å². The van der Waals surface area contributed by atoms with E-state index in [1.165, 1.54) is 26.0 Å². The number of benzene rings is 1. The lowest BCUT2D eigenvalue weighted by Crippen LogP contribution is -2.46. The van der Waals surface area contributed by atoms with E-state index < -0.39 is 23.7 Å². The number of aliphatic carboxylic acids is 1. The third-order valence-corrected chi connectivity index (χ3v) is 3.23. The Morgan fingerprint density at radius 1 is 1.36 bits per heavy atom. The molecule has 7 heteroatoms. The first kappa shape index (κ1) is 17.6. The van der Waals surface area contributed by atoms with E-state index in [1.54, 1.807) is 6.92 Å². The maximum Gasteiger partial charge on any atom is 0.326 e. The van der Waals surface area contributed by atoms with Gasteiger partial charge in [-0.05, 0) is 37.6 Å². The van der Waals surface area contributed by atoms with Crippen molar-refractivity contribution in [3.05, 3.63) is 35.1 Å². The Morgan fingerprint density at radius 3 is 2.50 bits per heavy atom. The molecule has 0 saturated heterocycles. The SMILES string of the molecule is CC(=O)NCCN(C(=O)c1ccc(F)cc1C)C(C)C(=O)O. The summed E-state index contributed by atoms with van der Waals surface area (Å²) in [6, 6.07) is 2.63. The molecule has 0 aliphatic heterocycles. The summed E-state index contributed by atoms with van der Waals surface area (Å²) in [6.45, 7) is 4.47. The first-order valence-electron chi connectivity index (χ1n) is 6.78. The van der Waals surface area contributed by atoms with Crippen LogP contribution >= 0.6 is 0 Å². The van der Waals surface area contributed by atoms with Crippen molar-refractivity contribution in [2.24, 2.45) is 0 Å². The molecule has 1 unspecified atom stereocenters. The van der Waals surface area contributed by atoms with E-state index in [1.807, 2.05) is 0 Å². The van der Waals surface area contributed by atoms with Crippen LogP contribution in [0.3, 0.4) is 0 Å². The summed E-state index contributed by atoms with van der Waals surface area (Å²) < 4.78 is 13.1. The molecule has 0 aromatic heterocycles. The third kappa shape index (κ3) is 4.54. The molecule has 1 aromatic carbocycles. The van der Waals surface area contributed by atoms with E-state index >= 15 is 0 Å². The van der Waals surface area contributed by atoms with Crippen molar-refractivity contribution in [3.8, 4) is 0 Å². The Balaban J connectivity index is 3.00. The van der Waals surface area contributed by atoms with Crippen LogP contribution in [0.15, 0.2) is 18.2 Å². The molecule has 2 N–H and O–H groups in total. The van der Waals surface area contributed by atoms with Crippen LogP contribution in [0.25, 0.3) is 0 Å². The van der Waals surface area contributed by atoms with Crippen LogP contribution in [0, 0.1) is 12.7 Å². The topological polar surface area (TPSA) is 86.7 Å². The van der Waals surface area contributed by atoms with Gasteiger partial charge in [-0.2, -0.15) is 0 Å². The molecule has 120 valence electrons. The minimum Gasteiger partial charge on any atom is -0.480 e. The number of rotatable bonds is 6. The Morgan fingerprint density at radius 2 is 2.00 bits per heavy atom. The second-order valence-corrected chi connectivity index (χ2v) is 4.95. The fourth-order valence-electron chi connectivity index (χ4n) is 1.98. The van der Waals surface area contributed by atoms with Crippen LogP contribution in [0.4, 0.5) is 4.39 Å². The lowest BCUT2D eigenvalue weighted by Gasteiger charge is -2.27. The van der Waals surface area contributed by atoms with Gasteiger partial charge in [0.1, 0.15) is 11.9 Å². The molecule has 0 spiro atoms. The van der Waals surface area contributed by atoms with E-state index in [0.717, 1.165) is 11.0 Å². The summed E-state index contributed by atoms with van der Waals surface area (Å²) in [6.07, 6.45) is 0. The predicted molar refractivity (Wildman–Crippen MR) is 78.0 cm³/mol. The number of hydrogen-bond acceptors (Lipinski definition) is 3. The summed E-state index contributed by atoms with van der Waals surface area (Å²) in [4.78, 5) is 35.7. The molecule has 1 rings (SSSR count). The van der Waals surface area contributed by atoms with Crippen LogP contribution in [0.2, 0.25) is 0 Å². The fourth-order valence-corrected chi connectivity index (χ4v) is 1.98. The zero-order valence-electron chi connectivity index (χ0n) is 12.7. The van der Waals surface area contributed by atoms with E-state index in [9.17, 15) is 18.8 Å². The number of nitrogens with one attached hydrogen (secondary N) is 1. The van der Waals surface area contributed by atoms with Gasteiger partial charge in [-0.25, -0.2) is 9.18 Å². The number of nitrogens with zero attached hydrogens (tertiary/aromatic N) is 1. The van der Waals surface area contributed by atoms with Crippen molar-refractivity contribution in [3.63, 3.8) is 0 Å². The smallest absolute Gasteiger partial charge is 0.326 e. The standard InChI is InChI=1S/C15H19FN2O4/c1-9-8-12(16)4-5-13(9)14(20)18(10(2)15(21)22)7-6-17-11(3)19/h4-5,8,10H,6-7H2,1-3H3,(H,17,19)(H,21,22). The number of halogens is 1. The second-order valence-electron chi connectivity index (χ2n) is 4.95. The number of carbonyl (C=O) groups is 3. The van der Waals surface area contributed by atoms with Crippen molar-refractivity contribution in [2.75, 3.05) is 13.1 Å². The number of amides is 2. The van der Waals surface area contributed by atoms with Gasteiger partial charge in [-0.1, -0.05) is 0 Å². The average molecular weight is 310 g/mol. The highest BCUT2D eigenvalue weighted by molar-refractivity contribution is 5.97.